The van der Waals surface area contributed by atoms with Gasteiger partial charge in [0.05, 0.1) is 96.1 Å². The van der Waals surface area contributed by atoms with E-state index in [0.29, 0.717) is 0 Å². The molecule has 0 N–H and O–H groups in total. The number of fused-ring (bicyclic) bond motifs is 18. The standard InChI is InChI=1S/C45H34N4.2C41H26N4/c1-45(2,3)32-18-21-40(47-27-32)42-26-31(25-41(48-42)38-24-30-10-4-5-11-34(30)35-12-6-7-13-36(35)38)29-16-19-33(20-17-29)49-43-15-9-8-14-37(43)39-28-46-23-22-44(39)49;1-2-11-31-28(10-1)24-35(33-13-4-3-12-32(31)33)37-25-29(26-38(44-37)36-15-7-8-22-42-36)27-18-20-30(21-19-27)45-39-16-6-5-14-34(39)41-40(45)17-9-23-43-41;1-2-10-31-28(9-1)23-36(33-12-4-3-11-32(31)33)38-24-29(25-39(44-38)37-14-7-8-21-43-37)27-16-18-30(19-17-27)45-40-15-6-5-13-34(40)35-20-22-42-26-41(35)45/h4-28H,1-3H3;2*1-26H. The number of para-hydroxylation sites is 3. The highest BCUT2D eigenvalue weighted by Crippen LogP contribution is 2.45. The highest BCUT2D eigenvalue weighted by Gasteiger charge is 2.24. The van der Waals surface area contributed by atoms with Crippen molar-refractivity contribution in [2.45, 2.75) is 26.2 Å². The monoisotopic (exact) mass is 1780 g/mol. The van der Waals surface area contributed by atoms with E-state index in [1.807, 2.05) is 92.0 Å². The maximum absolute atomic E-state index is 5.30. The van der Waals surface area contributed by atoms with Crippen LogP contribution in [0.3, 0.4) is 0 Å². The van der Waals surface area contributed by atoms with Gasteiger partial charge in [0.25, 0.3) is 0 Å². The largest absolute Gasteiger partial charge is 0.309 e. The second kappa shape index (κ2) is 34.6. The molecule has 12 nitrogen and oxygen atoms in total. The van der Waals surface area contributed by atoms with Crippen molar-refractivity contribution in [3.63, 3.8) is 0 Å². The third-order valence-corrected chi connectivity index (χ3v) is 27.1. The van der Waals surface area contributed by atoms with Crippen molar-refractivity contribution >= 4 is 130 Å². The molecule has 654 valence electrons. The molecule has 12 heterocycles. The van der Waals surface area contributed by atoms with Gasteiger partial charge in [-0.3, -0.25) is 29.9 Å². The lowest BCUT2D eigenvalue weighted by atomic mass is 9.88. The van der Waals surface area contributed by atoms with E-state index >= 15 is 0 Å². The molecule has 0 spiro atoms. The van der Waals surface area contributed by atoms with E-state index in [4.69, 9.17) is 24.9 Å². The fourth-order valence-corrected chi connectivity index (χ4v) is 20.4. The summed E-state index contributed by atoms with van der Waals surface area (Å²) in [6.07, 6.45) is 15.1. The van der Waals surface area contributed by atoms with Crippen LogP contribution in [0, 0.1) is 0 Å². The summed E-state index contributed by atoms with van der Waals surface area (Å²) in [4.78, 5) is 43.5. The molecular formula is C127H86N12. The maximum atomic E-state index is 5.30. The van der Waals surface area contributed by atoms with Crippen molar-refractivity contribution in [1.29, 1.82) is 0 Å². The van der Waals surface area contributed by atoms with Crippen molar-refractivity contribution in [1.82, 2.24) is 58.6 Å². The predicted molar refractivity (Wildman–Crippen MR) is 575 cm³/mol. The summed E-state index contributed by atoms with van der Waals surface area (Å²) in [5, 5.41) is 20.5. The summed E-state index contributed by atoms with van der Waals surface area (Å²) in [5.41, 5.74) is 30.2. The summed E-state index contributed by atoms with van der Waals surface area (Å²) < 4.78 is 6.90. The van der Waals surface area contributed by atoms with Gasteiger partial charge in [0, 0.05) is 104 Å². The Morgan fingerprint density at radius 1 is 0.187 bits per heavy atom. The van der Waals surface area contributed by atoms with Crippen LogP contribution in [0.2, 0.25) is 0 Å². The Morgan fingerprint density at radius 3 is 0.950 bits per heavy atom. The Bertz CT molecular complexity index is 8950. The van der Waals surface area contributed by atoms with E-state index in [1.54, 1.807) is 0 Å². The van der Waals surface area contributed by atoms with E-state index in [1.165, 1.54) is 97.4 Å². The zero-order chi connectivity index (χ0) is 92.6. The van der Waals surface area contributed by atoms with Gasteiger partial charge in [-0.05, 0) is 273 Å². The first-order chi connectivity index (χ1) is 68.5. The minimum absolute atomic E-state index is 0.0185. The number of benzene rings is 15. The fourth-order valence-electron chi connectivity index (χ4n) is 20.4. The molecule has 0 aliphatic rings. The molecule has 0 bridgehead atoms. The lowest BCUT2D eigenvalue weighted by Crippen LogP contribution is -2.11. The zero-order valence-electron chi connectivity index (χ0n) is 76.3. The quantitative estimate of drug-likeness (QED) is 0.110. The molecule has 0 radical (unpaired) electrons. The Hall–Kier alpha value is -18.4. The highest BCUT2D eigenvalue weighted by molar-refractivity contribution is 6.18. The second-order valence-electron chi connectivity index (χ2n) is 36.4. The number of nitrogens with zero attached hydrogens (tertiary/aromatic N) is 12. The topological polar surface area (TPSA) is 131 Å². The fraction of sp³-hybridized carbons (Fsp3) is 0.0315. The van der Waals surface area contributed by atoms with Gasteiger partial charge in [-0.25, -0.2) is 15.0 Å². The first-order valence-electron chi connectivity index (χ1n) is 47.0. The molecule has 0 atom stereocenters. The SMILES string of the molecule is CC(C)(C)c1ccc(-c2cc(-c3ccc(-n4c5ccccc5c5cnccc54)cc3)cc(-c3cc4ccccc4c4ccccc34)n2)nc1.c1ccc(-c2cc(-c3ccc(-n4c5ccccc5c5ccncc54)cc3)cc(-c3cc4ccccc4c4ccccc34)n2)nc1.c1ccc(-c2cc(-c3ccc(-n4c5ccccc5c5ncccc54)cc3)cc(-c3cc4ccccc4c4ccccc34)n2)nc1. The molecule has 0 saturated heterocycles. The number of hydrogen-bond acceptors (Lipinski definition) is 9. The molecule has 0 amide bonds. The molecule has 139 heavy (non-hydrogen) atoms. The van der Waals surface area contributed by atoms with Crippen LogP contribution in [-0.4, -0.2) is 58.6 Å². The lowest BCUT2D eigenvalue weighted by molar-refractivity contribution is 0.587. The summed E-state index contributed by atoms with van der Waals surface area (Å²) in [7, 11) is 0. The normalized spacial score (nSPS) is 11.7. The van der Waals surface area contributed by atoms with E-state index in [2.05, 4.69) is 431 Å². The van der Waals surface area contributed by atoms with Crippen molar-refractivity contribution in [3.05, 3.63) is 474 Å². The smallest absolute Gasteiger partial charge is 0.0963 e. The molecule has 12 heteroatoms. The van der Waals surface area contributed by atoms with Crippen molar-refractivity contribution in [2.75, 3.05) is 0 Å². The van der Waals surface area contributed by atoms with Crippen LogP contribution in [0.5, 0.6) is 0 Å². The first kappa shape index (κ1) is 82.5. The lowest BCUT2D eigenvalue weighted by Gasteiger charge is -2.18. The van der Waals surface area contributed by atoms with Gasteiger partial charge < -0.3 is 13.7 Å². The molecule has 0 aliphatic carbocycles. The number of aromatic nitrogens is 12. The van der Waals surface area contributed by atoms with E-state index in [-0.39, 0.29) is 5.41 Å². The van der Waals surface area contributed by atoms with Crippen molar-refractivity contribution in [3.8, 4) is 118 Å². The third kappa shape index (κ3) is 15.0. The highest BCUT2D eigenvalue weighted by atomic mass is 15.0. The van der Waals surface area contributed by atoms with Gasteiger partial charge in [-0.15, -0.1) is 0 Å². The van der Waals surface area contributed by atoms with Gasteiger partial charge in [0.2, 0.25) is 0 Å². The Kier molecular flexibility index (Phi) is 20.5. The summed E-state index contributed by atoms with van der Waals surface area (Å²) in [6.45, 7) is 6.64. The second-order valence-corrected chi connectivity index (χ2v) is 36.4. The average molecular weight is 1780 g/mol. The first-order valence-corrected chi connectivity index (χ1v) is 47.0. The molecule has 0 aliphatic heterocycles. The van der Waals surface area contributed by atoms with Crippen LogP contribution in [0.25, 0.3) is 249 Å². The molecule has 0 unspecified atom stereocenters. The minimum Gasteiger partial charge on any atom is -0.309 e. The molecule has 27 aromatic rings. The summed E-state index contributed by atoms with van der Waals surface area (Å²) in [6, 6.07) is 148. The van der Waals surface area contributed by atoms with Crippen LogP contribution < -0.4 is 0 Å². The van der Waals surface area contributed by atoms with Crippen LogP contribution in [-0.2, 0) is 5.41 Å². The summed E-state index contributed by atoms with van der Waals surface area (Å²) in [5.74, 6) is 0. The third-order valence-electron chi connectivity index (χ3n) is 27.1. The minimum atomic E-state index is 0.0185. The Labute approximate surface area is 801 Å². The Balaban J connectivity index is 0.000000110. The van der Waals surface area contributed by atoms with Gasteiger partial charge in [-0.2, -0.15) is 0 Å². The average Bonchev–Trinajstić information content (AvgIpc) is 1.47. The molecule has 0 fully saturated rings. The molecular weight excluding hydrogens is 1690 g/mol. The molecule has 27 rings (SSSR count). The predicted octanol–water partition coefficient (Wildman–Crippen LogP) is 32.1. The van der Waals surface area contributed by atoms with Gasteiger partial charge in [0.1, 0.15) is 0 Å². The van der Waals surface area contributed by atoms with Crippen LogP contribution in [0.15, 0.2) is 468 Å². The number of hydrogen-bond donors (Lipinski definition) is 0. The zero-order valence-corrected chi connectivity index (χ0v) is 76.3. The van der Waals surface area contributed by atoms with E-state index < -0.39 is 0 Å². The van der Waals surface area contributed by atoms with Gasteiger partial charge >= 0.3 is 0 Å². The van der Waals surface area contributed by atoms with Gasteiger partial charge in [-0.1, -0.05) is 276 Å². The van der Waals surface area contributed by atoms with Crippen LogP contribution in [0.4, 0.5) is 0 Å². The van der Waals surface area contributed by atoms with Crippen LogP contribution in [0.1, 0.15) is 26.3 Å². The molecule has 0 saturated carbocycles. The maximum Gasteiger partial charge on any atom is 0.0963 e. The summed E-state index contributed by atoms with van der Waals surface area (Å²) >= 11 is 0. The van der Waals surface area contributed by atoms with Gasteiger partial charge in [0.15, 0.2) is 0 Å². The van der Waals surface area contributed by atoms with Crippen molar-refractivity contribution in [2.24, 2.45) is 0 Å². The molecule has 12 aromatic heterocycles. The number of rotatable bonds is 12. The number of pyridine rings is 9. The van der Waals surface area contributed by atoms with Crippen LogP contribution >= 0.6 is 0 Å². The van der Waals surface area contributed by atoms with Crippen molar-refractivity contribution < 1.29 is 0 Å². The van der Waals surface area contributed by atoms with E-state index in [9.17, 15) is 0 Å². The van der Waals surface area contributed by atoms with E-state index in [0.717, 1.165) is 157 Å². The molecule has 15 aromatic carbocycles. The Morgan fingerprint density at radius 2 is 0.518 bits per heavy atom.